The summed E-state index contributed by atoms with van der Waals surface area (Å²) in [6.45, 7) is 9.94. The number of quaternary nitrogens is 1. The Morgan fingerprint density at radius 3 is 1.04 bits per heavy atom. The van der Waals surface area contributed by atoms with Gasteiger partial charge in [-0.1, -0.05) is 182 Å². The highest BCUT2D eigenvalue weighted by Crippen LogP contribution is 2.35. The molecule has 1 nitrogen and oxygen atoms in total. The van der Waals surface area contributed by atoms with Crippen molar-refractivity contribution in [3.05, 3.63) is 29.3 Å². The summed E-state index contributed by atoms with van der Waals surface area (Å²) in [7, 11) is 0. The van der Waals surface area contributed by atoms with Crippen molar-refractivity contribution in [3.63, 3.8) is 0 Å². The van der Waals surface area contributed by atoms with Crippen LogP contribution in [0.25, 0.3) is 0 Å². The lowest BCUT2D eigenvalue weighted by Gasteiger charge is -2.41. The second-order valence-electron chi connectivity index (χ2n) is 14.9. The minimum Gasteiger partial charge on any atom is -0.274 e. The van der Waals surface area contributed by atoms with Crippen molar-refractivity contribution < 1.29 is 26.9 Å². The first kappa shape index (κ1) is 46.9. The molecule has 1 aromatic rings. The van der Waals surface area contributed by atoms with E-state index in [1.807, 2.05) is 0 Å². The SMILES string of the molecule is CCCCCCCC[B-](CCCCCCCC)(CCCCCCCC)CCCCCCCC.CC[NH+](CF)c1cc(F)c(F)c(F)c1F. The standard InChI is InChI=1S/C32H68B.C9H8F5N/c1-5-9-13-17-21-25-29-33(30-26-22-18-14-10-6-2,31-27-23-19-15-11-7-3)32-28-24-20-16-12-8-4;1-2-15(4-10)6-3-5(11)7(12)9(14)8(6)13/h5-32H2,1-4H3;3H,2,4H2,1H3/q-1;/p+1. The van der Waals surface area contributed by atoms with Crippen molar-refractivity contribution in [2.45, 2.75) is 214 Å². The second-order valence-corrected chi connectivity index (χ2v) is 14.9. The average Bonchev–Trinajstić information content (AvgIpc) is 3.09. The van der Waals surface area contributed by atoms with E-state index in [4.69, 9.17) is 0 Å². The maximum atomic E-state index is 13.1. The molecule has 284 valence electrons. The second kappa shape index (κ2) is 31.8. The molecule has 0 aliphatic carbocycles. The van der Waals surface area contributed by atoms with Gasteiger partial charge in [-0.25, -0.2) is 13.2 Å². The van der Waals surface area contributed by atoms with Gasteiger partial charge in [-0.2, -0.15) is 34.1 Å². The van der Waals surface area contributed by atoms with Gasteiger partial charge in [0.2, 0.25) is 18.4 Å². The summed E-state index contributed by atoms with van der Waals surface area (Å²) in [5.74, 6) is -6.87. The smallest absolute Gasteiger partial charge is 0.225 e. The highest BCUT2D eigenvalue weighted by molar-refractivity contribution is 6.79. The summed E-state index contributed by atoms with van der Waals surface area (Å²) in [4.78, 5) is -0.106. The molecule has 1 unspecified atom stereocenters. The fourth-order valence-corrected chi connectivity index (χ4v) is 7.48. The molecule has 0 bridgehead atoms. The zero-order valence-corrected chi connectivity index (χ0v) is 32.3. The molecule has 1 N–H and O–H groups in total. The Morgan fingerprint density at radius 2 is 0.750 bits per heavy atom. The van der Waals surface area contributed by atoms with Gasteiger partial charge < -0.3 is 0 Å². The number of rotatable bonds is 31. The highest BCUT2D eigenvalue weighted by Gasteiger charge is 2.25. The molecule has 0 amide bonds. The highest BCUT2D eigenvalue weighted by atomic mass is 19.2. The van der Waals surface area contributed by atoms with Crippen LogP contribution in [0, 0.1) is 23.3 Å². The molecular formula is C41H77BF5N. The first-order chi connectivity index (χ1) is 23.3. The van der Waals surface area contributed by atoms with E-state index in [-0.39, 0.29) is 17.6 Å². The van der Waals surface area contributed by atoms with Gasteiger partial charge in [0, 0.05) is 12.2 Å². The van der Waals surface area contributed by atoms with Gasteiger partial charge in [0.25, 0.3) is 0 Å². The maximum Gasteiger partial charge on any atom is 0.225 e. The number of nitrogens with one attached hydrogen (secondary N) is 1. The van der Waals surface area contributed by atoms with Crippen LogP contribution in [0.1, 0.15) is 189 Å². The molecule has 0 saturated carbocycles. The Kier molecular flexibility index (Phi) is 31.1. The Morgan fingerprint density at radius 1 is 0.438 bits per heavy atom. The lowest BCUT2D eigenvalue weighted by atomic mass is 9.17. The number of benzene rings is 1. The summed E-state index contributed by atoms with van der Waals surface area (Å²) in [5, 5.41) is 0. The molecule has 0 aliphatic rings. The molecule has 0 fully saturated rings. The summed E-state index contributed by atoms with van der Waals surface area (Å²) in [6.07, 6.45) is 41.6. The number of alkyl halides is 1. The summed E-state index contributed by atoms with van der Waals surface area (Å²) < 4.78 is 63.5. The van der Waals surface area contributed by atoms with Crippen molar-refractivity contribution >= 4 is 11.8 Å². The topological polar surface area (TPSA) is 4.44 Å². The largest absolute Gasteiger partial charge is 0.274 e. The molecule has 0 spiro atoms. The fraction of sp³-hybridized carbons (Fsp3) is 0.854. The predicted molar refractivity (Wildman–Crippen MR) is 202 cm³/mol. The van der Waals surface area contributed by atoms with E-state index in [0.717, 1.165) is 0 Å². The Hall–Kier alpha value is -1.11. The molecule has 0 saturated heterocycles. The molecule has 1 atom stereocenters. The number of hydrogen-bond acceptors (Lipinski definition) is 0. The molecule has 1 rings (SSSR count). The molecule has 0 aliphatic heterocycles. The van der Waals surface area contributed by atoms with Gasteiger partial charge in [0.15, 0.2) is 17.3 Å². The van der Waals surface area contributed by atoms with Crippen molar-refractivity contribution in [3.8, 4) is 0 Å². The van der Waals surface area contributed by atoms with Crippen molar-refractivity contribution in [2.24, 2.45) is 0 Å². The normalized spacial score (nSPS) is 12.3. The van der Waals surface area contributed by atoms with Crippen LogP contribution >= 0.6 is 0 Å². The van der Waals surface area contributed by atoms with E-state index >= 15 is 0 Å². The van der Waals surface area contributed by atoms with Gasteiger partial charge >= 0.3 is 0 Å². The van der Waals surface area contributed by atoms with Crippen LogP contribution in [-0.4, -0.2) is 19.5 Å². The van der Waals surface area contributed by atoms with Gasteiger partial charge in [-0.05, 0) is 6.92 Å². The van der Waals surface area contributed by atoms with E-state index in [9.17, 15) is 22.0 Å². The summed E-state index contributed by atoms with van der Waals surface area (Å²) >= 11 is 0. The summed E-state index contributed by atoms with van der Waals surface area (Å²) in [5.41, 5.74) is -0.545. The van der Waals surface area contributed by atoms with Crippen LogP contribution in [-0.2, 0) is 0 Å². The van der Waals surface area contributed by atoms with Crippen LogP contribution < -0.4 is 4.90 Å². The molecular weight excluding hydrogens is 612 g/mol. The van der Waals surface area contributed by atoms with Gasteiger partial charge in [0.1, 0.15) is 0 Å². The fourth-order valence-electron chi connectivity index (χ4n) is 7.48. The van der Waals surface area contributed by atoms with Crippen molar-refractivity contribution in [2.75, 3.05) is 13.3 Å². The van der Waals surface area contributed by atoms with E-state index in [2.05, 4.69) is 27.7 Å². The number of hydrogen-bond donors (Lipinski definition) is 1. The van der Waals surface area contributed by atoms with E-state index in [0.29, 0.717) is 6.07 Å². The van der Waals surface area contributed by atoms with Crippen LogP contribution in [0.2, 0.25) is 25.3 Å². The zero-order chi connectivity index (χ0) is 35.9. The Balaban J connectivity index is 0.00000122. The first-order valence-electron chi connectivity index (χ1n) is 20.7. The average molecular weight is 690 g/mol. The van der Waals surface area contributed by atoms with Crippen LogP contribution in [0.4, 0.5) is 27.6 Å². The quantitative estimate of drug-likeness (QED) is 0.0198. The Labute approximate surface area is 294 Å². The van der Waals surface area contributed by atoms with Crippen LogP contribution in [0.5, 0.6) is 0 Å². The zero-order valence-electron chi connectivity index (χ0n) is 32.3. The number of unbranched alkanes of at least 4 members (excludes halogenated alkanes) is 20. The van der Waals surface area contributed by atoms with Gasteiger partial charge in [-0.15, -0.1) is 0 Å². The van der Waals surface area contributed by atoms with E-state index in [1.54, 1.807) is 25.3 Å². The predicted octanol–water partition coefficient (Wildman–Crippen LogP) is 14.6. The molecule has 0 heterocycles. The molecule has 48 heavy (non-hydrogen) atoms. The lowest BCUT2D eigenvalue weighted by molar-refractivity contribution is -0.846. The number of halogens is 5. The first-order valence-corrected chi connectivity index (χ1v) is 20.7. The van der Waals surface area contributed by atoms with Crippen molar-refractivity contribution in [1.29, 1.82) is 0 Å². The van der Waals surface area contributed by atoms with Crippen LogP contribution in [0.3, 0.4) is 0 Å². The van der Waals surface area contributed by atoms with E-state index < -0.39 is 35.8 Å². The lowest BCUT2D eigenvalue weighted by Crippen LogP contribution is -3.06. The van der Waals surface area contributed by atoms with Crippen molar-refractivity contribution in [1.82, 2.24) is 0 Å². The van der Waals surface area contributed by atoms with E-state index in [1.165, 1.54) is 161 Å². The molecule has 1 aromatic carbocycles. The van der Waals surface area contributed by atoms with Crippen LogP contribution in [0.15, 0.2) is 6.07 Å². The summed E-state index contributed by atoms with van der Waals surface area (Å²) in [6, 6.07) is 0.464. The third kappa shape index (κ3) is 21.9. The monoisotopic (exact) mass is 690 g/mol. The Bertz CT molecular complexity index is 794. The molecule has 7 heteroatoms. The molecule has 0 radical (unpaired) electrons. The third-order valence-electron chi connectivity index (χ3n) is 10.8. The minimum atomic E-state index is -1.91. The van der Waals surface area contributed by atoms with Gasteiger partial charge in [-0.3, -0.25) is 4.90 Å². The maximum absolute atomic E-state index is 13.1. The molecule has 0 aromatic heterocycles. The van der Waals surface area contributed by atoms with Gasteiger partial charge in [0.05, 0.1) is 6.54 Å². The minimum absolute atomic E-state index is 0.0952. The third-order valence-corrected chi connectivity index (χ3v) is 10.8.